The van der Waals surface area contributed by atoms with Gasteiger partial charge in [-0.1, -0.05) is 24.3 Å². The van der Waals surface area contributed by atoms with Crippen LogP contribution >= 0.6 is 0 Å². The zero-order chi connectivity index (χ0) is 19.9. The van der Waals surface area contributed by atoms with E-state index in [4.69, 9.17) is 4.74 Å². The second-order valence-electron chi connectivity index (χ2n) is 6.69. The molecule has 1 saturated heterocycles. The summed E-state index contributed by atoms with van der Waals surface area (Å²) in [6.45, 7) is 4.58. The van der Waals surface area contributed by atoms with E-state index in [1.807, 2.05) is 0 Å². The smallest absolute Gasteiger partial charge is 0.319 e. The van der Waals surface area contributed by atoms with Gasteiger partial charge >= 0.3 is 6.03 Å². The number of carbonyl (C=O) groups excluding carboxylic acids is 2. The molecule has 0 aliphatic carbocycles. The highest BCUT2D eigenvalue weighted by molar-refractivity contribution is 5.96. The van der Waals surface area contributed by atoms with Crippen molar-refractivity contribution in [3.63, 3.8) is 0 Å². The lowest BCUT2D eigenvalue weighted by molar-refractivity contribution is 0.0167. The van der Waals surface area contributed by atoms with E-state index >= 15 is 0 Å². The molecular weight excluding hydrogens is 361 g/mol. The van der Waals surface area contributed by atoms with Crippen LogP contribution in [0.3, 0.4) is 0 Å². The first-order chi connectivity index (χ1) is 13.5. The summed E-state index contributed by atoms with van der Waals surface area (Å²) in [5, 5.41) is 5.63. The van der Waals surface area contributed by atoms with Crippen molar-refractivity contribution >= 4 is 17.5 Å². The number of nitrogens with one attached hydrogen (secondary N) is 2. The Bertz CT molecular complexity index is 820. The number of halogens is 1. The van der Waals surface area contributed by atoms with Crippen LogP contribution in [0, 0.1) is 5.82 Å². The maximum atomic E-state index is 13.3. The number of benzene rings is 2. The van der Waals surface area contributed by atoms with Gasteiger partial charge in [-0.15, -0.1) is 0 Å². The van der Waals surface area contributed by atoms with Crippen LogP contribution in [0.5, 0.6) is 0 Å². The predicted octanol–water partition coefficient (Wildman–Crippen LogP) is 3.22. The number of hydrogen-bond acceptors (Lipinski definition) is 4. The van der Waals surface area contributed by atoms with Crippen molar-refractivity contribution in [2.75, 3.05) is 38.2 Å². The Morgan fingerprint density at radius 2 is 1.86 bits per heavy atom. The molecule has 7 heteroatoms. The molecule has 2 amide bonds. The van der Waals surface area contributed by atoms with Gasteiger partial charge in [-0.05, 0) is 36.8 Å². The minimum absolute atomic E-state index is 0.0623. The number of carbonyl (C=O) groups is 2. The molecule has 0 radical (unpaired) electrons. The number of ether oxygens (including phenoxy) is 1. The first-order valence-corrected chi connectivity index (χ1v) is 9.26. The fourth-order valence-corrected chi connectivity index (χ4v) is 3.21. The molecule has 1 atom stereocenters. The number of ketones is 1. The van der Waals surface area contributed by atoms with Gasteiger partial charge in [-0.25, -0.2) is 9.18 Å². The second kappa shape index (κ2) is 9.43. The molecule has 6 nitrogen and oxygen atoms in total. The Kier molecular flexibility index (Phi) is 6.73. The summed E-state index contributed by atoms with van der Waals surface area (Å²) in [5.41, 5.74) is 2.02. The molecular formula is C21H24FN3O3. The number of morpholine rings is 1. The molecule has 1 heterocycles. The molecule has 0 saturated carbocycles. The fourth-order valence-electron chi connectivity index (χ4n) is 3.21. The van der Waals surface area contributed by atoms with E-state index in [1.165, 1.54) is 19.1 Å². The average Bonchev–Trinajstić information content (AvgIpc) is 2.70. The molecule has 0 aromatic heterocycles. The van der Waals surface area contributed by atoms with Crippen molar-refractivity contribution in [2.24, 2.45) is 0 Å². The van der Waals surface area contributed by atoms with Crippen LogP contribution in [0.4, 0.5) is 14.9 Å². The normalized spacial score (nSPS) is 15.6. The summed E-state index contributed by atoms with van der Waals surface area (Å²) in [7, 11) is 0. The summed E-state index contributed by atoms with van der Waals surface area (Å²) in [4.78, 5) is 26.1. The Labute approximate surface area is 163 Å². The van der Waals surface area contributed by atoms with Crippen LogP contribution in [-0.4, -0.2) is 49.6 Å². The van der Waals surface area contributed by atoms with Crippen molar-refractivity contribution in [1.29, 1.82) is 0 Å². The zero-order valence-electron chi connectivity index (χ0n) is 15.8. The van der Waals surface area contributed by atoms with E-state index in [0.717, 1.165) is 18.7 Å². The van der Waals surface area contributed by atoms with Crippen LogP contribution in [-0.2, 0) is 4.74 Å². The predicted molar refractivity (Wildman–Crippen MR) is 105 cm³/mol. The van der Waals surface area contributed by atoms with Gasteiger partial charge < -0.3 is 15.4 Å². The van der Waals surface area contributed by atoms with E-state index in [-0.39, 0.29) is 23.7 Å². The molecule has 0 spiro atoms. The summed E-state index contributed by atoms with van der Waals surface area (Å²) in [5.74, 6) is -0.353. The summed E-state index contributed by atoms with van der Waals surface area (Å²) in [6.07, 6.45) is 0. The van der Waals surface area contributed by atoms with Crippen LogP contribution in [0.1, 0.15) is 28.9 Å². The monoisotopic (exact) mass is 385 g/mol. The van der Waals surface area contributed by atoms with Crippen molar-refractivity contribution in [1.82, 2.24) is 10.2 Å². The number of nitrogens with zero attached hydrogens (tertiary/aromatic N) is 1. The lowest BCUT2D eigenvalue weighted by Gasteiger charge is -2.35. The van der Waals surface area contributed by atoms with Gasteiger partial charge in [0.2, 0.25) is 0 Å². The molecule has 1 aliphatic rings. The highest BCUT2D eigenvalue weighted by Gasteiger charge is 2.23. The van der Waals surface area contributed by atoms with Crippen LogP contribution in [0.2, 0.25) is 0 Å². The molecule has 1 unspecified atom stereocenters. The summed E-state index contributed by atoms with van der Waals surface area (Å²) < 4.78 is 18.7. The number of anilines is 1. The highest BCUT2D eigenvalue weighted by Crippen LogP contribution is 2.22. The van der Waals surface area contributed by atoms with Gasteiger partial charge in [0.15, 0.2) is 5.78 Å². The van der Waals surface area contributed by atoms with Gasteiger partial charge in [-0.3, -0.25) is 9.69 Å². The van der Waals surface area contributed by atoms with Gasteiger partial charge in [0.25, 0.3) is 0 Å². The Morgan fingerprint density at radius 3 is 2.54 bits per heavy atom. The van der Waals surface area contributed by atoms with Crippen molar-refractivity contribution in [2.45, 2.75) is 13.0 Å². The zero-order valence-corrected chi connectivity index (χ0v) is 15.8. The lowest BCUT2D eigenvalue weighted by Crippen LogP contribution is -2.44. The molecule has 2 aromatic rings. The molecule has 2 aromatic carbocycles. The second-order valence-corrected chi connectivity index (χ2v) is 6.69. The first kappa shape index (κ1) is 20.0. The van der Waals surface area contributed by atoms with Crippen LogP contribution < -0.4 is 10.6 Å². The van der Waals surface area contributed by atoms with E-state index in [9.17, 15) is 14.0 Å². The number of hydrogen-bond donors (Lipinski definition) is 2. The largest absolute Gasteiger partial charge is 0.379 e. The van der Waals surface area contributed by atoms with Crippen molar-refractivity contribution in [3.05, 3.63) is 65.5 Å². The SMILES string of the molecule is CC(=O)c1cccc(NC(=O)NCC(c2ccc(F)cc2)N2CCOCC2)c1. The highest BCUT2D eigenvalue weighted by atomic mass is 19.1. The quantitative estimate of drug-likeness (QED) is 0.749. The number of Topliss-reactive ketones (excluding diaryl/α,β-unsaturated/α-hetero) is 1. The number of rotatable bonds is 6. The third kappa shape index (κ3) is 5.37. The van der Waals surface area contributed by atoms with Crippen molar-refractivity contribution in [3.8, 4) is 0 Å². The standard InChI is InChI=1S/C21H24FN3O3/c1-15(26)17-3-2-4-19(13-17)24-21(27)23-14-20(25-9-11-28-12-10-25)16-5-7-18(22)8-6-16/h2-8,13,20H,9-12,14H2,1H3,(H2,23,24,27). The molecule has 28 heavy (non-hydrogen) atoms. The Morgan fingerprint density at radius 1 is 1.14 bits per heavy atom. The van der Waals surface area contributed by atoms with Crippen LogP contribution in [0.15, 0.2) is 48.5 Å². The fraction of sp³-hybridized carbons (Fsp3) is 0.333. The minimum atomic E-state index is -0.360. The van der Waals surface area contributed by atoms with E-state index in [2.05, 4.69) is 15.5 Å². The maximum Gasteiger partial charge on any atom is 0.319 e. The van der Waals surface area contributed by atoms with Gasteiger partial charge in [0.1, 0.15) is 5.82 Å². The third-order valence-corrected chi connectivity index (χ3v) is 4.72. The number of amides is 2. The Hall–Kier alpha value is -2.77. The van der Waals surface area contributed by atoms with Gasteiger partial charge in [-0.2, -0.15) is 0 Å². The molecule has 1 fully saturated rings. The first-order valence-electron chi connectivity index (χ1n) is 9.26. The van der Waals surface area contributed by atoms with Crippen molar-refractivity contribution < 1.29 is 18.7 Å². The molecule has 2 N–H and O–H groups in total. The molecule has 148 valence electrons. The van der Waals surface area contributed by atoms with E-state index < -0.39 is 0 Å². The average molecular weight is 385 g/mol. The molecule has 0 bridgehead atoms. The van der Waals surface area contributed by atoms with Crippen LogP contribution in [0.25, 0.3) is 0 Å². The topological polar surface area (TPSA) is 70.7 Å². The van der Waals surface area contributed by atoms with E-state index in [1.54, 1.807) is 36.4 Å². The third-order valence-electron chi connectivity index (χ3n) is 4.72. The van der Waals surface area contributed by atoms with Gasteiger partial charge in [0.05, 0.1) is 19.3 Å². The Balaban J connectivity index is 1.65. The molecule has 1 aliphatic heterocycles. The van der Waals surface area contributed by atoms with Gasteiger partial charge in [0, 0.05) is 30.9 Å². The minimum Gasteiger partial charge on any atom is -0.379 e. The maximum absolute atomic E-state index is 13.3. The summed E-state index contributed by atoms with van der Waals surface area (Å²) >= 11 is 0. The van der Waals surface area contributed by atoms with E-state index in [0.29, 0.717) is 31.0 Å². The lowest BCUT2D eigenvalue weighted by atomic mass is 10.0. The molecule has 3 rings (SSSR count). The summed E-state index contributed by atoms with van der Waals surface area (Å²) in [6, 6.07) is 12.7. The number of urea groups is 1.